The maximum Gasteiger partial charge on any atom is 0.0413 e. The first kappa shape index (κ1) is 7.29. The Morgan fingerprint density at radius 2 is 1.43 bits per heavy atom. The van der Waals surface area contributed by atoms with E-state index in [0.29, 0.717) is 5.92 Å². The zero-order chi connectivity index (χ0) is 6.08. The first-order valence-corrected chi connectivity index (χ1v) is 3.01. The van der Waals surface area contributed by atoms with E-state index < -0.39 is 0 Å². The summed E-state index contributed by atoms with van der Waals surface area (Å²) in [5, 5.41) is 0. The van der Waals surface area contributed by atoms with Gasteiger partial charge in [-0.25, -0.2) is 0 Å². The summed E-state index contributed by atoms with van der Waals surface area (Å²) in [6.45, 7) is 8.29. The van der Waals surface area contributed by atoms with Crippen LogP contribution in [-0.2, 0) is 0 Å². The van der Waals surface area contributed by atoms with E-state index in [1.165, 1.54) is 0 Å². The van der Waals surface area contributed by atoms with Gasteiger partial charge in [0.25, 0.3) is 0 Å². The molecule has 0 rings (SSSR count). The lowest BCUT2D eigenvalue weighted by atomic mass is 10.00. The molecule has 0 spiro atoms. The summed E-state index contributed by atoms with van der Waals surface area (Å²) in [5.74, 6) is 0.564. The van der Waals surface area contributed by atoms with Crippen molar-refractivity contribution in [1.29, 1.82) is 0 Å². The minimum Gasteiger partial charge on any atom is -0.120 e. The molecule has 0 fully saturated rings. The van der Waals surface area contributed by atoms with Crippen LogP contribution in [0, 0.1) is 5.92 Å². The van der Waals surface area contributed by atoms with Crippen molar-refractivity contribution in [2.75, 3.05) is 0 Å². The van der Waals surface area contributed by atoms with Gasteiger partial charge in [-0.05, 0) is 19.8 Å². The Balaban J connectivity index is 3.54. The average molecular weight is 121 g/mol. The van der Waals surface area contributed by atoms with Crippen LogP contribution in [0.3, 0.4) is 0 Å². The van der Waals surface area contributed by atoms with Crippen LogP contribution in [0.1, 0.15) is 27.7 Å². The monoisotopic (exact) mass is 120 g/mol. The summed E-state index contributed by atoms with van der Waals surface area (Å²) in [6, 6.07) is 0. The second-order valence-electron chi connectivity index (χ2n) is 2.72. The highest BCUT2D eigenvalue weighted by Crippen LogP contribution is 2.22. The molecule has 44 valence electrons. The third kappa shape index (κ3) is 2.93. The van der Waals surface area contributed by atoms with Gasteiger partial charge in [-0.2, -0.15) is 0 Å². The second-order valence-corrected chi connectivity index (χ2v) is 3.69. The number of hydrogen-bond acceptors (Lipinski definition) is 0. The van der Waals surface area contributed by atoms with E-state index in [4.69, 9.17) is 11.6 Å². The molecule has 7 heavy (non-hydrogen) atoms. The third-order valence-electron chi connectivity index (χ3n) is 1.37. The minimum absolute atomic E-state index is 0.0278. The Morgan fingerprint density at radius 3 is 1.43 bits per heavy atom. The molecule has 0 radical (unpaired) electrons. The second kappa shape index (κ2) is 2.04. The molecule has 0 saturated carbocycles. The highest BCUT2D eigenvalue weighted by atomic mass is 35.5. The molecular weight excluding hydrogens is 108 g/mol. The topological polar surface area (TPSA) is 0 Å². The molecule has 0 bridgehead atoms. The van der Waals surface area contributed by atoms with E-state index >= 15 is 0 Å². The van der Waals surface area contributed by atoms with Crippen molar-refractivity contribution in [3.05, 3.63) is 0 Å². The van der Waals surface area contributed by atoms with Gasteiger partial charge < -0.3 is 0 Å². The van der Waals surface area contributed by atoms with E-state index in [0.717, 1.165) is 0 Å². The van der Waals surface area contributed by atoms with Crippen LogP contribution in [0.4, 0.5) is 0 Å². The van der Waals surface area contributed by atoms with Crippen LogP contribution < -0.4 is 0 Å². The van der Waals surface area contributed by atoms with Crippen molar-refractivity contribution in [3.63, 3.8) is 0 Å². The predicted octanol–water partition coefficient (Wildman–Crippen LogP) is 2.66. The highest BCUT2D eigenvalue weighted by molar-refractivity contribution is 6.23. The fraction of sp³-hybridized carbons (Fsp3) is 1.00. The Bertz CT molecular complexity index is 49.7. The first-order valence-electron chi connectivity index (χ1n) is 2.63. The molecule has 0 aliphatic rings. The zero-order valence-corrected chi connectivity index (χ0v) is 6.21. The summed E-state index contributed by atoms with van der Waals surface area (Å²) in [6.07, 6.45) is 0. The molecule has 0 aromatic heterocycles. The fourth-order valence-electron chi connectivity index (χ4n) is 0. The van der Waals surface area contributed by atoms with Gasteiger partial charge in [-0.3, -0.25) is 0 Å². The lowest BCUT2D eigenvalue weighted by Gasteiger charge is -2.19. The van der Waals surface area contributed by atoms with Crippen LogP contribution in [-0.4, -0.2) is 4.87 Å². The van der Waals surface area contributed by atoms with Crippen LogP contribution in [0.25, 0.3) is 0 Å². The number of hydrogen-bond donors (Lipinski definition) is 0. The van der Waals surface area contributed by atoms with Crippen LogP contribution in [0.2, 0.25) is 0 Å². The molecule has 1 heteroatoms. The van der Waals surface area contributed by atoms with E-state index in [1.54, 1.807) is 0 Å². The first-order chi connectivity index (χ1) is 2.94. The molecule has 0 aromatic rings. The molecule has 0 nitrogen and oxygen atoms in total. The molecule has 0 aliphatic carbocycles. The quantitative estimate of drug-likeness (QED) is 0.467. The lowest BCUT2D eigenvalue weighted by Crippen LogP contribution is -2.18. The maximum atomic E-state index is 5.87. The van der Waals surface area contributed by atoms with Gasteiger partial charge in [0.1, 0.15) is 0 Å². The van der Waals surface area contributed by atoms with Crippen molar-refractivity contribution in [1.82, 2.24) is 0 Å². The summed E-state index contributed by atoms with van der Waals surface area (Å²) in [7, 11) is 0. The van der Waals surface area contributed by atoms with Crippen LogP contribution in [0.5, 0.6) is 0 Å². The van der Waals surface area contributed by atoms with E-state index in [1.807, 2.05) is 13.8 Å². The van der Waals surface area contributed by atoms with Crippen molar-refractivity contribution in [2.45, 2.75) is 32.6 Å². The fourth-order valence-corrected chi connectivity index (χ4v) is 0. The molecule has 0 heterocycles. The summed E-state index contributed by atoms with van der Waals surface area (Å²) in [4.78, 5) is -0.0278. The molecular formula is C6H13Cl. The van der Waals surface area contributed by atoms with E-state index in [-0.39, 0.29) is 4.87 Å². The van der Waals surface area contributed by atoms with Crippen molar-refractivity contribution < 1.29 is 0 Å². The number of halogens is 1. The number of rotatable bonds is 1. The normalized spacial score (nSPS) is 12.9. The third-order valence-corrected chi connectivity index (χ3v) is 1.81. The Morgan fingerprint density at radius 1 is 1.29 bits per heavy atom. The minimum atomic E-state index is -0.0278. The predicted molar refractivity (Wildman–Crippen MR) is 34.8 cm³/mol. The Labute approximate surface area is 50.9 Å². The average Bonchev–Trinajstić information content (AvgIpc) is 1.31. The molecule has 0 saturated heterocycles. The van der Waals surface area contributed by atoms with Gasteiger partial charge in [-0.1, -0.05) is 13.8 Å². The van der Waals surface area contributed by atoms with E-state index in [9.17, 15) is 0 Å². The largest absolute Gasteiger partial charge is 0.120 e. The summed E-state index contributed by atoms with van der Waals surface area (Å²) < 4.78 is 0. The van der Waals surface area contributed by atoms with Gasteiger partial charge in [0.15, 0.2) is 0 Å². The molecule has 0 unspecified atom stereocenters. The van der Waals surface area contributed by atoms with Gasteiger partial charge in [-0.15, -0.1) is 11.6 Å². The Kier molecular flexibility index (Phi) is 2.12. The van der Waals surface area contributed by atoms with Gasteiger partial charge in [0.05, 0.1) is 0 Å². The van der Waals surface area contributed by atoms with Gasteiger partial charge >= 0.3 is 0 Å². The molecule has 0 aromatic carbocycles. The standard InChI is InChI=1S/C6H13Cl/c1-5(2)6(3,4)7/h5H,1-4H3. The number of alkyl halides is 1. The van der Waals surface area contributed by atoms with Crippen molar-refractivity contribution in [3.8, 4) is 0 Å². The smallest absolute Gasteiger partial charge is 0.0413 e. The van der Waals surface area contributed by atoms with Crippen molar-refractivity contribution in [2.24, 2.45) is 5.92 Å². The van der Waals surface area contributed by atoms with Crippen molar-refractivity contribution >= 4 is 11.6 Å². The van der Waals surface area contributed by atoms with Gasteiger partial charge in [0, 0.05) is 4.87 Å². The summed E-state index contributed by atoms with van der Waals surface area (Å²) in [5.41, 5.74) is 0. The van der Waals surface area contributed by atoms with E-state index in [2.05, 4.69) is 13.8 Å². The molecule has 0 amide bonds. The van der Waals surface area contributed by atoms with Crippen LogP contribution in [0.15, 0.2) is 0 Å². The van der Waals surface area contributed by atoms with Gasteiger partial charge in [0.2, 0.25) is 0 Å². The Hall–Kier alpha value is 0.290. The molecule has 0 N–H and O–H groups in total. The maximum absolute atomic E-state index is 5.87. The highest BCUT2D eigenvalue weighted by Gasteiger charge is 2.16. The van der Waals surface area contributed by atoms with Crippen LogP contribution >= 0.6 is 11.6 Å². The summed E-state index contributed by atoms with van der Waals surface area (Å²) >= 11 is 5.87. The molecule has 0 atom stereocenters. The lowest BCUT2D eigenvalue weighted by molar-refractivity contribution is 0.494. The SMILES string of the molecule is CC(C)C(C)(C)Cl. The molecule has 0 aliphatic heterocycles. The zero-order valence-electron chi connectivity index (χ0n) is 5.46.